The van der Waals surface area contributed by atoms with Crippen molar-refractivity contribution in [3.8, 4) is 5.75 Å². The van der Waals surface area contributed by atoms with Gasteiger partial charge in [0.2, 0.25) is 5.91 Å². The van der Waals surface area contributed by atoms with E-state index in [-0.39, 0.29) is 13.2 Å². The summed E-state index contributed by atoms with van der Waals surface area (Å²) in [6.45, 7) is -0.0466. The number of rotatable bonds is 11. The van der Waals surface area contributed by atoms with Crippen LogP contribution in [0.25, 0.3) is 10.8 Å². The highest BCUT2D eigenvalue weighted by Gasteiger charge is 2.26. The highest BCUT2D eigenvalue weighted by Crippen LogP contribution is 2.29. The fourth-order valence-corrected chi connectivity index (χ4v) is 4.13. The van der Waals surface area contributed by atoms with E-state index in [0.717, 1.165) is 10.8 Å². The van der Waals surface area contributed by atoms with Crippen molar-refractivity contribution in [3.05, 3.63) is 109 Å². The molecule has 0 heterocycles. The number of nitrogen functional groups attached to an aromatic ring is 1. The van der Waals surface area contributed by atoms with Gasteiger partial charge in [-0.25, -0.2) is 4.79 Å². The SMILES string of the molecule is CO[C@H](/C=C/C(=O)Nc1ccccc1N)[C@H](OC(=O)Nc1cccc2ccccc12)c1cccc(OCCO)c1. The number of aliphatic hydroxyl groups excluding tert-OH is 1. The van der Waals surface area contributed by atoms with Crippen LogP contribution in [0, 0.1) is 0 Å². The number of anilines is 3. The number of carbonyl (C=O) groups is 2. The number of fused-ring (bicyclic) bond motifs is 1. The summed E-state index contributed by atoms with van der Waals surface area (Å²) in [6, 6.07) is 27.1. The monoisotopic (exact) mass is 541 g/mol. The number of ether oxygens (including phenoxy) is 3. The van der Waals surface area contributed by atoms with Crippen molar-refractivity contribution >= 4 is 39.8 Å². The van der Waals surface area contributed by atoms with Crippen LogP contribution in [0.5, 0.6) is 5.75 Å². The minimum Gasteiger partial charge on any atom is -0.491 e. The first-order chi connectivity index (χ1) is 19.5. The summed E-state index contributed by atoms with van der Waals surface area (Å²) in [5, 5.41) is 16.5. The molecule has 0 aliphatic heterocycles. The highest BCUT2D eigenvalue weighted by molar-refractivity contribution is 6.01. The molecule has 4 aromatic carbocycles. The van der Waals surface area contributed by atoms with Crippen LogP contribution >= 0.6 is 0 Å². The summed E-state index contributed by atoms with van der Waals surface area (Å²) in [5.41, 5.74) is 7.98. The first-order valence-corrected chi connectivity index (χ1v) is 12.6. The molecule has 0 fully saturated rings. The van der Waals surface area contributed by atoms with Crippen molar-refractivity contribution in [1.29, 1.82) is 0 Å². The molecule has 0 aliphatic rings. The Morgan fingerprint density at radius 3 is 2.45 bits per heavy atom. The zero-order valence-electron chi connectivity index (χ0n) is 21.9. The highest BCUT2D eigenvalue weighted by atomic mass is 16.6. The van der Waals surface area contributed by atoms with Crippen LogP contribution in [0.15, 0.2) is 103 Å². The summed E-state index contributed by atoms with van der Waals surface area (Å²) in [6.07, 6.45) is 0.297. The molecule has 0 unspecified atom stereocenters. The Bertz CT molecular complexity index is 1480. The Morgan fingerprint density at radius 2 is 1.65 bits per heavy atom. The van der Waals surface area contributed by atoms with Crippen LogP contribution < -0.4 is 21.1 Å². The standard InChI is InChI=1S/C31H31N3O6/c1-38-28(16-17-29(36)33-27-14-5-4-13-25(27)32)30(22-10-6-11-23(20-22)39-19-18-35)40-31(37)34-26-15-7-9-21-8-2-3-12-24(21)26/h2-17,20,28,30,35H,18-19,32H2,1H3,(H,33,36)(H,34,37)/b17-16+/t28-,30-/m1/s1. The van der Waals surface area contributed by atoms with Gasteiger partial charge < -0.3 is 30.4 Å². The molecule has 2 atom stereocenters. The van der Waals surface area contributed by atoms with Crippen molar-refractivity contribution in [3.63, 3.8) is 0 Å². The summed E-state index contributed by atoms with van der Waals surface area (Å²) >= 11 is 0. The van der Waals surface area contributed by atoms with Gasteiger partial charge >= 0.3 is 6.09 Å². The quantitative estimate of drug-likeness (QED) is 0.150. The number of carbonyl (C=O) groups excluding carboxylic acids is 2. The molecule has 0 bridgehead atoms. The fourth-order valence-electron chi connectivity index (χ4n) is 4.13. The Kier molecular flexibility index (Phi) is 9.71. The van der Waals surface area contributed by atoms with Gasteiger partial charge in [-0.1, -0.05) is 60.7 Å². The first kappa shape index (κ1) is 28.2. The van der Waals surface area contributed by atoms with Crippen LogP contribution in [-0.2, 0) is 14.3 Å². The second-order valence-corrected chi connectivity index (χ2v) is 8.76. The minimum atomic E-state index is -0.955. The number of hydrogen-bond donors (Lipinski definition) is 4. The molecule has 9 nitrogen and oxygen atoms in total. The van der Waals surface area contributed by atoms with Crippen LogP contribution in [0.4, 0.5) is 21.9 Å². The fraction of sp³-hybridized carbons (Fsp3) is 0.161. The van der Waals surface area contributed by atoms with Gasteiger partial charge in [0.1, 0.15) is 18.5 Å². The molecule has 0 saturated heterocycles. The number of nitrogens with two attached hydrogens (primary N) is 1. The lowest BCUT2D eigenvalue weighted by Gasteiger charge is -2.25. The normalized spacial score (nSPS) is 12.6. The molecule has 0 spiro atoms. The maximum absolute atomic E-state index is 13.2. The van der Waals surface area contributed by atoms with Crippen LogP contribution in [0.3, 0.4) is 0 Å². The Balaban J connectivity index is 1.58. The number of hydrogen-bond acceptors (Lipinski definition) is 7. The second kappa shape index (κ2) is 13.8. The number of para-hydroxylation sites is 2. The van der Waals surface area contributed by atoms with Gasteiger partial charge in [-0.3, -0.25) is 10.1 Å². The molecule has 2 amide bonds. The average Bonchev–Trinajstić information content (AvgIpc) is 2.97. The van der Waals surface area contributed by atoms with E-state index in [9.17, 15) is 9.59 Å². The lowest BCUT2D eigenvalue weighted by atomic mass is 10.0. The Morgan fingerprint density at radius 1 is 0.925 bits per heavy atom. The van der Waals surface area contributed by atoms with Gasteiger partial charge in [-0.15, -0.1) is 0 Å². The van der Waals surface area contributed by atoms with Gasteiger partial charge in [-0.05, 0) is 47.4 Å². The van der Waals surface area contributed by atoms with E-state index in [2.05, 4.69) is 10.6 Å². The van der Waals surface area contributed by atoms with Gasteiger partial charge in [-0.2, -0.15) is 0 Å². The number of amides is 2. The number of aliphatic hydroxyl groups is 1. The smallest absolute Gasteiger partial charge is 0.412 e. The first-order valence-electron chi connectivity index (χ1n) is 12.6. The van der Waals surface area contributed by atoms with E-state index in [1.165, 1.54) is 19.3 Å². The molecule has 4 aromatic rings. The molecule has 206 valence electrons. The third kappa shape index (κ3) is 7.37. The van der Waals surface area contributed by atoms with Gasteiger partial charge in [0.05, 0.1) is 23.7 Å². The summed E-state index contributed by atoms with van der Waals surface area (Å²) in [5.74, 6) is 0.0460. The molecular formula is C31H31N3O6. The van der Waals surface area contributed by atoms with Crippen LogP contribution in [0.2, 0.25) is 0 Å². The summed E-state index contributed by atoms with van der Waals surface area (Å²) in [7, 11) is 1.45. The second-order valence-electron chi connectivity index (χ2n) is 8.76. The predicted octanol–water partition coefficient (Wildman–Crippen LogP) is 5.29. The third-order valence-electron chi connectivity index (χ3n) is 6.03. The molecule has 4 rings (SSSR count). The van der Waals surface area contributed by atoms with E-state index < -0.39 is 24.2 Å². The summed E-state index contributed by atoms with van der Waals surface area (Å²) in [4.78, 5) is 25.8. The third-order valence-corrected chi connectivity index (χ3v) is 6.03. The van der Waals surface area contributed by atoms with E-state index >= 15 is 0 Å². The van der Waals surface area contributed by atoms with E-state index in [1.54, 1.807) is 54.6 Å². The van der Waals surface area contributed by atoms with Crippen molar-refractivity contribution in [2.45, 2.75) is 12.2 Å². The number of nitrogens with one attached hydrogen (secondary N) is 2. The number of methoxy groups -OCH3 is 1. The average molecular weight is 542 g/mol. The summed E-state index contributed by atoms with van der Waals surface area (Å²) < 4.78 is 17.1. The molecule has 0 radical (unpaired) electrons. The molecular weight excluding hydrogens is 510 g/mol. The van der Waals surface area contributed by atoms with Crippen LogP contribution in [-0.4, -0.2) is 43.5 Å². The van der Waals surface area contributed by atoms with E-state index in [1.807, 2.05) is 36.4 Å². The molecule has 40 heavy (non-hydrogen) atoms. The zero-order valence-corrected chi connectivity index (χ0v) is 21.9. The van der Waals surface area contributed by atoms with Crippen LogP contribution in [0.1, 0.15) is 11.7 Å². The maximum Gasteiger partial charge on any atom is 0.412 e. The lowest BCUT2D eigenvalue weighted by molar-refractivity contribution is -0.112. The molecule has 0 aliphatic carbocycles. The van der Waals surface area contributed by atoms with Crippen molar-refractivity contribution in [2.24, 2.45) is 0 Å². The largest absolute Gasteiger partial charge is 0.491 e. The van der Waals surface area contributed by atoms with Crippen molar-refractivity contribution < 1.29 is 28.9 Å². The minimum absolute atomic E-state index is 0.104. The molecule has 0 saturated carbocycles. The van der Waals surface area contributed by atoms with Gasteiger partial charge in [0.25, 0.3) is 0 Å². The topological polar surface area (TPSA) is 132 Å². The molecule has 9 heteroatoms. The van der Waals surface area contributed by atoms with Gasteiger partial charge in [0.15, 0.2) is 6.10 Å². The lowest BCUT2D eigenvalue weighted by Crippen LogP contribution is -2.27. The predicted molar refractivity (Wildman–Crippen MR) is 155 cm³/mol. The Labute approximate surface area is 232 Å². The number of benzene rings is 4. The van der Waals surface area contributed by atoms with E-state index in [4.69, 9.17) is 25.1 Å². The Hall–Kier alpha value is -4.86. The molecule has 0 aromatic heterocycles. The van der Waals surface area contributed by atoms with E-state index in [0.29, 0.717) is 28.4 Å². The zero-order chi connectivity index (χ0) is 28.3. The molecule has 5 N–H and O–H groups in total. The van der Waals surface area contributed by atoms with Crippen molar-refractivity contribution in [2.75, 3.05) is 36.7 Å². The van der Waals surface area contributed by atoms with Gasteiger partial charge in [0, 0.05) is 18.6 Å². The maximum atomic E-state index is 13.2. The van der Waals surface area contributed by atoms with Crippen molar-refractivity contribution in [1.82, 2.24) is 0 Å².